The highest BCUT2D eigenvalue weighted by atomic mass is 35.5. The number of benzene rings is 1. The summed E-state index contributed by atoms with van der Waals surface area (Å²) in [6.07, 6.45) is 1.11. The predicted molar refractivity (Wildman–Crippen MR) is 204 cm³/mol. The van der Waals surface area contributed by atoms with E-state index < -0.39 is 65.7 Å². The lowest BCUT2D eigenvalue weighted by Crippen LogP contribution is -2.63. The lowest BCUT2D eigenvalue weighted by molar-refractivity contribution is -0.162. The monoisotopic (exact) mass is 792 g/mol. The van der Waals surface area contributed by atoms with Crippen molar-refractivity contribution in [2.24, 2.45) is 11.7 Å². The van der Waals surface area contributed by atoms with Crippen LogP contribution in [-0.4, -0.2) is 130 Å². The van der Waals surface area contributed by atoms with E-state index in [0.717, 1.165) is 16.7 Å². The number of rotatable bonds is 12. The average molecular weight is 793 g/mol. The van der Waals surface area contributed by atoms with Crippen molar-refractivity contribution >= 4 is 41.2 Å². The Morgan fingerprint density at radius 3 is 2.55 bits per heavy atom. The van der Waals surface area contributed by atoms with Crippen molar-refractivity contribution in [3.05, 3.63) is 52.1 Å². The van der Waals surface area contributed by atoms with Crippen LogP contribution in [0.25, 0.3) is 0 Å². The molecule has 1 aromatic rings. The zero-order chi connectivity index (χ0) is 40.7. The first-order valence-electron chi connectivity index (χ1n) is 18.6. The minimum absolute atomic E-state index is 0.0216. The van der Waals surface area contributed by atoms with Gasteiger partial charge in [0.25, 0.3) is 0 Å². The maximum Gasteiger partial charge on any atom is 0.409 e. The molecule has 306 valence electrons. The molecule has 0 spiro atoms. The normalized spacial score (nSPS) is 30.6. The van der Waals surface area contributed by atoms with Crippen LogP contribution >= 0.6 is 11.6 Å². The fourth-order valence-corrected chi connectivity index (χ4v) is 7.23. The average Bonchev–Trinajstić information content (AvgIpc) is 3.83. The number of anilines is 1. The second-order valence-corrected chi connectivity index (χ2v) is 15.2. The molecule has 0 saturated carbocycles. The number of nitrogens with one attached hydrogen (secondary N) is 1. The maximum atomic E-state index is 14.1. The molecule has 16 heteroatoms. The molecule has 0 radical (unpaired) electrons. The molecule has 3 aliphatic heterocycles. The number of methoxy groups -OCH3 is 1. The molecule has 2 fully saturated rings. The number of alkyl carbamates (subject to hydrolysis) is 1. The molecule has 4 N–H and O–H groups in total. The first-order chi connectivity index (χ1) is 25.9. The van der Waals surface area contributed by atoms with E-state index in [1.807, 2.05) is 32.1 Å². The Bertz CT molecular complexity index is 1620. The van der Waals surface area contributed by atoms with E-state index >= 15 is 0 Å². The van der Waals surface area contributed by atoms with Crippen LogP contribution in [0.15, 0.2) is 35.9 Å². The Kier molecular flexibility index (Phi) is 15.3. The van der Waals surface area contributed by atoms with Crippen molar-refractivity contribution in [1.82, 2.24) is 10.2 Å². The maximum absolute atomic E-state index is 14.1. The number of carbonyl (C=O) groups is 4. The van der Waals surface area contributed by atoms with Gasteiger partial charge in [-0.05, 0) is 51.3 Å². The van der Waals surface area contributed by atoms with Crippen LogP contribution in [0.4, 0.5) is 10.5 Å². The number of fused-ring (bicyclic) bond motifs is 5. The van der Waals surface area contributed by atoms with Crippen LogP contribution in [-0.2, 0) is 49.2 Å². The largest absolute Gasteiger partial charge is 0.457 e. The second-order valence-electron chi connectivity index (χ2n) is 14.8. The molecule has 3 amide bonds. The van der Waals surface area contributed by atoms with E-state index in [1.165, 1.54) is 30.9 Å². The molecule has 4 rings (SSSR count). The number of carbonyl (C=O) groups excluding carboxylic acids is 4. The summed E-state index contributed by atoms with van der Waals surface area (Å²) < 4.78 is 34.4. The number of hydrogen-bond acceptors (Lipinski definition) is 12. The highest BCUT2D eigenvalue weighted by Gasteiger charge is 2.64. The van der Waals surface area contributed by atoms with Gasteiger partial charge >= 0.3 is 12.1 Å². The molecular weight excluding hydrogens is 736 g/mol. The highest BCUT2D eigenvalue weighted by Crippen LogP contribution is 2.49. The van der Waals surface area contributed by atoms with Gasteiger partial charge in [0.15, 0.2) is 5.72 Å². The Labute approximate surface area is 328 Å². The third kappa shape index (κ3) is 10.8. The van der Waals surface area contributed by atoms with Gasteiger partial charge in [0.1, 0.15) is 30.0 Å². The zero-order valence-electron chi connectivity index (χ0n) is 33.1. The Hall–Kier alpha value is -3.57. The number of aryl methyl sites for hydroxylation is 1. The molecule has 0 aliphatic carbocycles. The van der Waals surface area contributed by atoms with Gasteiger partial charge in [0.05, 0.1) is 56.1 Å². The molecule has 1 aromatic carbocycles. The summed E-state index contributed by atoms with van der Waals surface area (Å²) in [5.41, 5.74) is 5.50. The third-order valence-electron chi connectivity index (χ3n) is 10.6. The third-order valence-corrected chi connectivity index (χ3v) is 11.1. The number of halogens is 1. The molecule has 4 bridgehead atoms. The van der Waals surface area contributed by atoms with Gasteiger partial charge in [-0.25, -0.2) is 9.59 Å². The number of epoxide rings is 1. The number of nitrogens with two attached hydrogens (primary N) is 1. The van der Waals surface area contributed by atoms with E-state index in [0.29, 0.717) is 43.5 Å². The lowest BCUT2D eigenvalue weighted by Gasteiger charge is -2.42. The van der Waals surface area contributed by atoms with Crippen molar-refractivity contribution < 1.29 is 52.7 Å². The zero-order valence-corrected chi connectivity index (χ0v) is 33.9. The van der Waals surface area contributed by atoms with Gasteiger partial charge < -0.3 is 49.1 Å². The van der Waals surface area contributed by atoms with Crippen LogP contribution < -0.4 is 16.0 Å². The number of nitrogens with zero attached hydrogens (tertiary/aromatic N) is 2. The highest BCUT2D eigenvalue weighted by molar-refractivity contribution is 6.34. The topological polar surface area (TPSA) is 192 Å². The van der Waals surface area contributed by atoms with Gasteiger partial charge in [-0.15, -0.1) is 0 Å². The molecule has 0 aromatic heterocycles. The van der Waals surface area contributed by atoms with Crippen molar-refractivity contribution in [3.63, 3.8) is 0 Å². The first kappa shape index (κ1) is 44.1. The minimum Gasteiger partial charge on any atom is -0.457 e. The van der Waals surface area contributed by atoms with Crippen molar-refractivity contribution in [3.8, 4) is 0 Å². The van der Waals surface area contributed by atoms with E-state index in [1.54, 1.807) is 33.0 Å². The number of aliphatic hydroxyl groups is 1. The molecule has 1 unspecified atom stereocenters. The summed E-state index contributed by atoms with van der Waals surface area (Å²) in [4.78, 5) is 56.4. The molecule has 3 aliphatic rings. The number of allylic oxidation sites excluding steroid dienone is 3. The summed E-state index contributed by atoms with van der Waals surface area (Å²) in [6, 6.07) is 2.78. The number of amides is 3. The van der Waals surface area contributed by atoms with E-state index in [2.05, 4.69) is 5.32 Å². The number of likely N-dealkylation sites (N-methyl/N-ethyl adjacent to an activating group) is 1. The standard InChI is InChI=1S/C39H57ClN4O11/c1-23-10-9-11-30(50-8)39(49)22-29(53-37(48)42-39)25(3)35-38(5,55-35)31(21-33(46)44(7)28-20-27(18-23)19-24(2)34(28)40)54-36(47)26(4)43(6)32(45)12-14-51-16-17-52-15-13-41/h9-11,19-20,25-26,29-31,35,49H,12-18,21-22,41H2,1-8H3,(H,42,48)/b11-9+,23-10+/t25-,26+,29+,30-,31+,35?,38+,39-/m1/s1. The fourth-order valence-electron chi connectivity index (χ4n) is 7.00. The number of hydrogen-bond donors (Lipinski definition) is 3. The Morgan fingerprint density at radius 1 is 1.18 bits per heavy atom. The van der Waals surface area contributed by atoms with Crippen molar-refractivity contribution in [2.45, 2.75) is 102 Å². The van der Waals surface area contributed by atoms with Gasteiger partial charge in [0.2, 0.25) is 11.8 Å². The van der Waals surface area contributed by atoms with Crippen LogP contribution in [0, 0.1) is 12.8 Å². The van der Waals surface area contributed by atoms with E-state index in [4.69, 9.17) is 45.8 Å². The van der Waals surface area contributed by atoms with E-state index in [-0.39, 0.29) is 31.8 Å². The molecule has 3 heterocycles. The molecule has 2 saturated heterocycles. The van der Waals surface area contributed by atoms with Crippen molar-refractivity contribution in [2.75, 3.05) is 59.1 Å². The molecular formula is C39H57ClN4O11. The van der Waals surface area contributed by atoms with Gasteiger partial charge in [-0.2, -0.15) is 0 Å². The lowest BCUT2D eigenvalue weighted by atomic mass is 9.83. The molecule has 15 nitrogen and oxygen atoms in total. The summed E-state index contributed by atoms with van der Waals surface area (Å²) in [6.45, 7) is 10.4. The summed E-state index contributed by atoms with van der Waals surface area (Å²) in [5, 5.41) is 14.7. The van der Waals surface area contributed by atoms with Crippen LogP contribution in [0.5, 0.6) is 0 Å². The van der Waals surface area contributed by atoms with Crippen LogP contribution in [0.3, 0.4) is 0 Å². The van der Waals surface area contributed by atoms with Gasteiger partial charge in [-0.3, -0.25) is 14.9 Å². The summed E-state index contributed by atoms with van der Waals surface area (Å²) in [7, 11) is 4.54. The molecule has 8 atom stereocenters. The number of ether oxygens (including phenoxy) is 6. The fraction of sp³-hybridized carbons (Fsp3) is 0.641. The van der Waals surface area contributed by atoms with E-state index in [9.17, 15) is 24.3 Å². The SMILES string of the molecule is CO[C@@H]1/C=C/C=C(\C)Cc2cc(C)c(Cl)c(c2)N(C)C(=O)C[C@H](OC(=O)[C@H](C)N(C)C(=O)CCOCCOCCN)[C@]2(C)OC2[C@H](C)[C@@H]2C[C@]1(O)NC(=O)O2. The minimum atomic E-state index is -1.82. The predicted octanol–water partition coefficient (Wildman–Crippen LogP) is 3.20. The second kappa shape index (κ2) is 19.0. The summed E-state index contributed by atoms with van der Waals surface area (Å²) >= 11 is 6.77. The first-order valence-corrected chi connectivity index (χ1v) is 19.0. The van der Waals surface area contributed by atoms with Gasteiger partial charge in [0, 0.05) is 40.1 Å². The van der Waals surface area contributed by atoms with Crippen molar-refractivity contribution in [1.29, 1.82) is 0 Å². The van der Waals surface area contributed by atoms with Crippen LogP contribution in [0.1, 0.15) is 58.1 Å². The summed E-state index contributed by atoms with van der Waals surface area (Å²) in [5.74, 6) is -2.02. The molecule has 55 heavy (non-hydrogen) atoms. The Morgan fingerprint density at radius 2 is 1.87 bits per heavy atom. The smallest absolute Gasteiger partial charge is 0.409 e. The van der Waals surface area contributed by atoms with Gasteiger partial charge in [-0.1, -0.05) is 48.4 Å². The quantitative estimate of drug-likeness (QED) is 0.159. The Balaban J connectivity index is 1.63. The van der Waals surface area contributed by atoms with Crippen LogP contribution in [0.2, 0.25) is 5.02 Å². The number of esters is 1.